The first-order valence-corrected chi connectivity index (χ1v) is 9.50. The highest BCUT2D eigenvalue weighted by atomic mass is 32.1. The molecule has 7 heteroatoms. The topological polar surface area (TPSA) is 58.6 Å². The Morgan fingerprint density at radius 3 is 3.08 bits per heavy atom. The van der Waals surface area contributed by atoms with Crippen LogP contribution in [0.3, 0.4) is 0 Å². The molecule has 0 N–H and O–H groups in total. The van der Waals surface area contributed by atoms with E-state index in [2.05, 4.69) is 14.9 Å². The van der Waals surface area contributed by atoms with Gasteiger partial charge in [-0.05, 0) is 25.1 Å². The normalized spacial score (nSPS) is 24.6. The van der Waals surface area contributed by atoms with Crippen molar-refractivity contribution in [3.8, 4) is 0 Å². The summed E-state index contributed by atoms with van der Waals surface area (Å²) < 4.78 is 5.88. The van der Waals surface area contributed by atoms with Crippen LogP contribution in [-0.4, -0.2) is 65.1 Å². The van der Waals surface area contributed by atoms with Crippen LogP contribution in [0.15, 0.2) is 36.1 Å². The van der Waals surface area contributed by atoms with E-state index in [9.17, 15) is 4.79 Å². The average Bonchev–Trinajstić information content (AvgIpc) is 3.23. The van der Waals surface area contributed by atoms with E-state index < -0.39 is 0 Å². The third-order valence-electron chi connectivity index (χ3n) is 5.00. The van der Waals surface area contributed by atoms with Crippen LogP contribution in [0.4, 0.5) is 0 Å². The van der Waals surface area contributed by atoms with E-state index in [1.54, 1.807) is 23.7 Å². The number of carbonyl (C=O) groups is 1. The molecule has 0 bridgehead atoms. The Morgan fingerprint density at radius 1 is 1.32 bits per heavy atom. The molecule has 1 atom stereocenters. The third-order valence-corrected chi connectivity index (χ3v) is 5.76. The van der Waals surface area contributed by atoms with Gasteiger partial charge in [-0.25, -0.2) is 4.98 Å². The summed E-state index contributed by atoms with van der Waals surface area (Å²) in [6.45, 7) is 5.56. The highest BCUT2D eigenvalue weighted by molar-refractivity contribution is 7.09. The van der Waals surface area contributed by atoms with Crippen molar-refractivity contribution in [2.75, 3.05) is 39.4 Å². The number of pyridine rings is 1. The largest absolute Gasteiger partial charge is 0.379 e. The molecule has 0 unspecified atom stereocenters. The quantitative estimate of drug-likeness (QED) is 0.839. The molecule has 6 nitrogen and oxygen atoms in total. The summed E-state index contributed by atoms with van der Waals surface area (Å²) in [5, 5.41) is 3.17. The van der Waals surface area contributed by atoms with E-state index in [0.717, 1.165) is 44.2 Å². The molecule has 2 aliphatic rings. The molecule has 2 saturated heterocycles. The van der Waals surface area contributed by atoms with Crippen LogP contribution >= 0.6 is 11.3 Å². The Kier molecular flexibility index (Phi) is 4.78. The lowest BCUT2D eigenvalue weighted by Gasteiger charge is -2.32. The lowest BCUT2D eigenvalue weighted by molar-refractivity contribution is 0.0644. The second kappa shape index (κ2) is 7.19. The summed E-state index contributed by atoms with van der Waals surface area (Å²) in [5.41, 5.74) is 0.670. The predicted molar refractivity (Wildman–Crippen MR) is 95.4 cm³/mol. The SMILES string of the molecule is O=C(c1cccnc1)N1CCOC[C@@]2(CCN(Cc3nccs3)C2)C1. The minimum Gasteiger partial charge on any atom is -0.379 e. The summed E-state index contributed by atoms with van der Waals surface area (Å²) in [4.78, 5) is 25.7. The molecule has 0 radical (unpaired) electrons. The number of amides is 1. The molecule has 1 amide bonds. The van der Waals surface area contributed by atoms with Crippen LogP contribution in [0.5, 0.6) is 0 Å². The van der Waals surface area contributed by atoms with Gasteiger partial charge < -0.3 is 9.64 Å². The highest BCUT2D eigenvalue weighted by Gasteiger charge is 2.42. The molecule has 132 valence electrons. The number of ether oxygens (including phenoxy) is 1. The number of hydrogen-bond donors (Lipinski definition) is 0. The van der Waals surface area contributed by atoms with Crippen LogP contribution in [0.2, 0.25) is 0 Å². The monoisotopic (exact) mass is 358 g/mol. The molecule has 0 saturated carbocycles. The van der Waals surface area contributed by atoms with Gasteiger partial charge in [0.25, 0.3) is 5.91 Å². The zero-order chi connectivity index (χ0) is 17.1. The molecule has 2 aliphatic heterocycles. The molecule has 2 fully saturated rings. The zero-order valence-electron chi connectivity index (χ0n) is 14.1. The molecule has 2 aromatic heterocycles. The number of hydrogen-bond acceptors (Lipinski definition) is 6. The van der Waals surface area contributed by atoms with Crippen molar-refractivity contribution in [2.45, 2.75) is 13.0 Å². The van der Waals surface area contributed by atoms with Crippen LogP contribution in [-0.2, 0) is 11.3 Å². The van der Waals surface area contributed by atoms with E-state index in [1.165, 1.54) is 0 Å². The van der Waals surface area contributed by atoms with E-state index in [0.29, 0.717) is 18.7 Å². The van der Waals surface area contributed by atoms with Gasteiger partial charge in [0.2, 0.25) is 0 Å². The van der Waals surface area contributed by atoms with Gasteiger partial charge in [0.15, 0.2) is 0 Å². The van der Waals surface area contributed by atoms with Crippen LogP contribution in [0, 0.1) is 5.41 Å². The van der Waals surface area contributed by atoms with Crippen LogP contribution in [0.1, 0.15) is 21.8 Å². The first-order chi connectivity index (χ1) is 12.2. The molecule has 0 aliphatic carbocycles. The van der Waals surface area contributed by atoms with E-state index >= 15 is 0 Å². The number of thiazole rings is 1. The maximum absolute atomic E-state index is 12.8. The van der Waals surface area contributed by atoms with Crippen molar-refractivity contribution in [3.05, 3.63) is 46.7 Å². The summed E-state index contributed by atoms with van der Waals surface area (Å²) in [6.07, 6.45) is 6.24. The van der Waals surface area contributed by atoms with Crippen molar-refractivity contribution >= 4 is 17.2 Å². The first-order valence-electron chi connectivity index (χ1n) is 8.62. The predicted octanol–water partition coefficient (Wildman–Crippen LogP) is 1.90. The lowest BCUT2D eigenvalue weighted by Crippen LogP contribution is -2.43. The molecule has 25 heavy (non-hydrogen) atoms. The first kappa shape index (κ1) is 16.6. The van der Waals surface area contributed by atoms with Crippen LogP contribution in [0.25, 0.3) is 0 Å². The highest BCUT2D eigenvalue weighted by Crippen LogP contribution is 2.34. The Hall–Kier alpha value is -1.83. The molecule has 1 spiro atoms. The summed E-state index contributed by atoms with van der Waals surface area (Å²) in [5.74, 6) is 0.0522. The van der Waals surface area contributed by atoms with Crippen molar-refractivity contribution in [1.82, 2.24) is 19.8 Å². The van der Waals surface area contributed by atoms with Gasteiger partial charge >= 0.3 is 0 Å². The van der Waals surface area contributed by atoms with E-state index in [4.69, 9.17) is 4.74 Å². The molecular weight excluding hydrogens is 336 g/mol. The maximum Gasteiger partial charge on any atom is 0.255 e. The number of likely N-dealkylation sites (tertiary alicyclic amines) is 1. The Bertz CT molecular complexity index is 709. The van der Waals surface area contributed by atoms with E-state index in [1.807, 2.05) is 28.6 Å². The van der Waals surface area contributed by atoms with Gasteiger partial charge in [-0.3, -0.25) is 14.7 Å². The summed E-state index contributed by atoms with van der Waals surface area (Å²) >= 11 is 1.70. The van der Waals surface area contributed by atoms with E-state index in [-0.39, 0.29) is 11.3 Å². The van der Waals surface area contributed by atoms with Crippen molar-refractivity contribution in [1.29, 1.82) is 0 Å². The van der Waals surface area contributed by atoms with Crippen molar-refractivity contribution in [3.63, 3.8) is 0 Å². The molecule has 4 heterocycles. The fourth-order valence-electron chi connectivity index (χ4n) is 3.77. The molecule has 2 aromatic rings. The zero-order valence-corrected chi connectivity index (χ0v) is 15.0. The Labute approximate surface area is 151 Å². The lowest BCUT2D eigenvalue weighted by atomic mass is 9.87. The Morgan fingerprint density at radius 2 is 2.28 bits per heavy atom. The number of aromatic nitrogens is 2. The van der Waals surface area contributed by atoms with Gasteiger partial charge in [0, 0.05) is 49.0 Å². The molecule has 0 aromatic carbocycles. The van der Waals surface area contributed by atoms with Gasteiger partial charge in [0.05, 0.1) is 25.3 Å². The standard InChI is InChI=1S/C18H22N4O2S/c23-17(15-2-1-4-19-10-15)22-7-8-24-14-18(13-22)3-6-21(12-18)11-16-20-5-9-25-16/h1-2,4-5,9-10H,3,6-8,11-14H2/t18-/m1/s1. The second-order valence-electron chi connectivity index (χ2n) is 6.91. The smallest absolute Gasteiger partial charge is 0.255 e. The fourth-order valence-corrected chi connectivity index (χ4v) is 4.43. The van der Waals surface area contributed by atoms with Gasteiger partial charge in [0.1, 0.15) is 5.01 Å². The van der Waals surface area contributed by atoms with Gasteiger partial charge in [-0.1, -0.05) is 0 Å². The minimum atomic E-state index is 0.0195. The number of carbonyl (C=O) groups excluding carboxylic acids is 1. The summed E-state index contributed by atoms with van der Waals surface area (Å²) in [7, 11) is 0. The van der Waals surface area contributed by atoms with Crippen molar-refractivity contribution < 1.29 is 9.53 Å². The third kappa shape index (κ3) is 3.73. The second-order valence-corrected chi connectivity index (χ2v) is 7.89. The minimum absolute atomic E-state index is 0.0195. The number of nitrogens with zero attached hydrogens (tertiary/aromatic N) is 4. The fraction of sp³-hybridized carbons (Fsp3) is 0.500. The van der Waals surface area contributed by atoms with Gasteiger partial charge in [-0.2, -0.15) is 0 Å². The maximum atomic E-state index is 12.8. The number of rotatable bonds is 3. The summed E-state index contributed by atoms with van der Waals surface area (Å²) in [6, 6.07) is 3.64. The average molecular weight is 358 g/mol. The van der Waals surface area contributed by atoms with Crippen molar-refractivity contribution in [2.24, 2.45) is 5.41 Å². The Balaban J connectivity index is 1.46. The molecular formula is C18H22N4O2S. The van der Waals surface area contributed by atoms with Crippen LogP contribution < -0.4 is 0 Å². The molecule has 4 rings (SSSR count). The van der Waals surface area contributed by atoms with Gasteiger partial charge in [-0.15, -0.1) is 11.3 Å².